The highest BCUT2D eigenvalue weighted by Gasteiger charge is 2.39. The van der Waals surface area contributed by atoms with E-state index in [1.165, 1.54) is 10.5 Å². The third-order valence-corrected chi connectivity index (χ3v) is 5.94. The molecular formula is C13H15N3O2S2. The first-order chi connectivity index (χ1) is 9.59. The Kier molecular flexibility index (Phi) is 3.49. The average Bonchev–Trinajstić information content (AvgIpc) is 3.12. The summed E-state index contributed by atoms with van der Waals surface area (Å²) < 4.78 is 27.0. The summed E-state index contributed by atoms with van der Waals surface area (Å²) in [6.45, 7) is 0.390. The van der Waals surface area contributed by atoms with Crippen LogP contribution in [-0.4, -0.2) is 23.7 Å². The van der Waals surface area contributed by atoms with Gasteiger partial charge in [0.15, 0.2) is 5.03 Å². The van der Waals surface area contributed by atoms with E-state index < -0.39 is 10.0 Å². The minimum atomic E-state index is -3.64. The fourth-order valence-corrected chi connectivity index (χ4v) is 4.54. The summed E-state index contributed by atoms with van der Waals surface area (Å²) in [4.78, 5) is 4.98. The van der Waals surface area contributed by atoms with Crippen LogP contribution in [0.5, 0.6) is 0 Å². The van der Waals surface area contributed by atoms with Crippen molar-refractivity contribution >= 4 is 27.0 Å². The molecule has 2 aromatic rings. The molecule has 1 aliphatic rings. The van der Waals surface area contributed by atoms with Gasteiger partial charge in [0, 0.05) is 23.7 Å². The molecular weight excluding hydrogens is 294 g/mol. The number of pyridine rings is 1. The van der Waals surface area contributed by atoms with E-state index >= 15 is 0 Å². The van der Waals surface area contributed by atoms with Crippen LogP contribution in [0.1, 0.15) is 17.7 Å². The predicted octanol–water partition coefficient (Wildman–Crippen LogP) is 2.08. The van der Waals surface area contributed by atoms with Crippen LogP contribution in [0.3, 0.4) is 0 Å². The van der Waals surface area contributed by atoms with Crippen LogP contribution in [-0.2, 0) is 16.6 Å². The Morgan fingerprint density at radius 3 is 2.75 bits per heavy atom. The van der Waals surface area contributed by atoms with E-state index in [-0.39, 0.29) is 16.8 Å². The van der Waals surface area contributed by atoms with E-state index in [1.807, 2.05) is 17.5 Å². The normalized spacial score (nSPS) is 15.7. The van der Waals surface area contributed by atoms with E-state index in [0.29, 0.717) is 6.54 Å². The van der Waals surface area contributed by atoms with Gasteiger partial charge in [0.1, 0.15) is 0 Å². The fraction of sp³-hybridized carbons (Fsp3) is 0.308. The first kappa shape index (κ1) is 13.5. The maximum Gasteiger partial charge on any atom is 0.263 e. The molecule has 3 rings (SSSR count). The number of hydrogen-bond acceptors (Lipinski definition) is 5. The Hall–Kier alpha value is -1.44. The SMILES string of the molecule is Nc1cccnc1S(=O)(=O)N(Cc1cccs1)C1CC1. The molecule has 0 bridgehead atoms. The van der Waals surface area contributed by atoms with Gasteiger partial charge in [-0.15, -0.1) is 11.3 Å². The molecule has 1 fully saturated rings. The number of aromatic nitrogens is 1. The summed E-state index contributed by atoms with van der Waals surface area (Å²) in [5.74, 6) is 0. The third kappa shape index (κ3) is 2.56. The molecule has 2 aromatic heterocycles. The van der Waals surface area contributed by atoms with E-state index in [4.69, 9.17) is 5.73 Å². The highest BCUT2D eigenvalue weighted by Crippen LogP contribution is 2.34. The summed E-state index contributed by atoms with van der Waals surface area (Å²) in [5.41, 5.74) is 5.97. The van der Waals surface area contributed by atoms with Gasteiger partial charge in [-0.3, -0.25) is 0 Å². The van der Waals surface area contributed by atoms with Crippen molar-refractivity contribution in [2.75, 3.05) is 5.73 Å². The van der Waals surface area contributed by atoms with E-state index in [0.717, 1.165) is 17.7 Å². The maximum absolute atomic E-state index is 12.7. The van der Waals surface area contributed by atoms with Crippen molar-refractivity contribution in [3.8, 4) is 0 Å². The summed E-state index contributed by atoms with van der Waals surface area (Å²) >= 11 is 1.55. The number of anilines is 1. The predicted molar refractivity (Wildman–Crippen MR) is 78.7 cm³/mol. The van der Waals surface area contributed by atoms with Crippen LogP contribution in [0.2, 0.25) is 0 Å². The van der Waals surface area contributed by atoms with E-state index in [1.54, 1.807) is 23.5 Å². The van der Waals surface area contributed by atoms with Gasteiger partial charge in [-0.05, 0) is 36.4 Å². The van der Waals surface area contributed by atoms with Gasteiger partial charge in [-0.25, -0.2) is 13.4 Å². The molecule has 2 N–H and O–H groups in total. The van der Waals surface area contributed by atoms with Crippen molar-refractivity contribution in [2.45, 2.75) is 30.5 Å². The molecule has 106 valence electrons. The molecule has 0 spiro atoms. The molecule has 0 atom stereocenters. The first-order valence-electron chi connectivity index (χ1n) is 6.34. The highest BCUT2D eigenvalue weighted by atomic mass is 32.2. The molecule has 0 radical (unpaired) electrons. The van der Waals surface area contributed by atoms with Crippen molar-refractivity contribution in [3.63, 3.8) is 0 Å². The lowest BCUT2D eigenvalue weighted by Gasteiger charge is -2.21. The van der Waals surface area contributed by atoms with Gasteiger partial charge in [-0.2, -0.15) is 4.31 Å². The zero-order valence-corrected chi connectivity index (χ0v) is 12.4. The number of hydrogen-bond donors (Lipinski definition) is 1. The Bertz CT molecular complexity index is 694. The van der Waals surface area contributed by atoms with Crippen molar-refractivity contribution in [1.82, 2.24) is 9.29 Å². The number of nitrogens with two attached hydrogens (primary N) is 1. The van der Waals surface area contributed by atoms with E-state index in [2.05, 4.69) is 4.98 Å². The number of nitrogen functional groups attached to an aromatic ring is 1. The molecule has 5 nitrogen and oxygen atoms in total. The molecule has 20 heavy (non-hydrogen) atoms. The van der Waals surface area contributed by atoms with Crippen molar-refractivity contribution < 1.29 is 8.42 Å². The Morgan fingerprint density at radius 1 is 1.35 bits per heavy atom. The topological polar surface area (TPSA) is 76.3 Å². The number of rotatable bonds is 5. The standard InChI is InChI=1S/C13H15N3O2S2/c14-12-4-1-7-15-13(12)20(17,18)16(10-5-6-10)9-11-3-2-8-19-11/h1-4,7-8,10H,5-6,9,14H2. The monoisotopic (exact) mass is 309 g/mol. The second kappa shape index (κ2) is 5.16. The lowest BCUT2D eigenvalue weighted by molar-refractivity contribution is 0.400. The highest BCUT2D eigenvalue weighted by molar-refractivity contribution is 7.89. The fourth-order valence-electron chi connectivity index (χ4n) is 2.06. The molecule has 2 heterocycles. The number of sulfonamides is 1. The van der Waals surface area contributed by atoms with Crippen molar-refractivity contribution in [1.29, 1.82) is 0 Å². The van der Waals surface area contributed by atoms with Crippen LogP contribution in [0.15, 0.2) is 40.9 Å². The van der Waals surface area contributed by atoms with Gasteiger partial charge >= 0.3 is 0 Å². The molecule has 7 heteroatoms. The Morgan fingerprint density at radius 2 is 2.15 bits per heavy atom. The van der Waals surface area contributed by atoms with Crippen LogP contribution in [0, 0.1) is 0 Å². The minimum absolute atomic E-state index is 0.0385. The average molecular weight is 309 g/mol. The molecule has 0 aromatic carbocycles. The second-order valence-electron chi connectivity index (χ2n) is 4.76. The lowest BCUT2D eigenvalue weighted by Crippen LogP contribution is -2.33. The number of nitrogens with zero attached hydrogens (tertiary/aromatic N) is 2. The van der Waals surface area contributed by atoms with Crippen LogP contribution in [0.4, 0.5) is 5.69 Å². The van der Waals surface area contributed by atoms with Gasteiger partial charge in [-0.1, -0.05) is 6.07 Å². The molecule has 0 saturated heterocycles. The quantitative estimate of drug-likeness (QED) is 0.917. The molecule has 0 aliphatic heterocycles. The van der Waals surface area contributed by atoms with Crippen LogP contribution in [0.25, 0.3) is 0 Å². The summed E-state index contributed by atoms with van der Waals surface area (Å²) in [6, 6.07) is 7.14. The van der Waals surface area contributed by atoms with Crippen LogP contribution >= 0.6 is 11.3 Å². The van der Waals surface area contributed by atoms with Gasteiger partial charge in [0.25, 0.3) is 10.0 Å². The van der Waals surface area contributed by atoms with E-state index in [9.17, 15) is 8.42 Å². The summed E-state index contributed by atoms with van der Waals surface area (Å²) in [6.07, 6.45) is 3.26. The zero-order valence-electron chi connectivity index (χ0n) is 10.8. The maximum atomic E-state index is 12.7. The third-order valence-electron chi connectivity index (χ3n) is 3.20. The second-order valence-corrected chi connectivity index (χ2v) is 7.60. The Labute approximate surface area is 122 Å². The van der Waals surface area contributed by atoms with Crippen molar-refractivity contribution in [2.24, 2.45) is 0 Å². The van der Waals surface area contributed by atoms with Crippen molar-refractivity contribution in [3.05, 3.63) is 40.7 Å². The lowest BCUT2D eigenvalue weighted by atomic mass is 10.4. The summed E-state index contributed by atoms with van der Waals surface area (Å²) in [7, 11) is -3.64. The molecule has 0 unspecified atom stereocenters. The van der Waals surface area contributed by atoms with Gasteiger partial charge in [0.05, 0.1) is 5.69 Å². The Balaban J connectivity index is 1.96. The van der Waals surface area contributed by atoms with Gasteiger partial charge in [0.2, 0.25) is 0 Å². The van der Waals surface area contributed by atoms with Crippen LogP contribution < -0.4 is 5.73 Å². The number of thiophene rings is 1. The zero-order chi connectivity index (χ0) is 14.2. The smallest absolute Gasteiger partial charge is 0.263 e. The molecule has 1 saturated carbocycles. The first-order valence-corrected chi connectivity index (χ1v) is 8.66. The molecule has 1 aliphatic carbocycles. The molecule has 0 amide bonds. The largest absolute Gasteiger partial charge is 0.396 e. The summed E-state index contributed by atoms with van der Waals surface area (Å²) in [5, 5.41) is 1.91. The minimum Gasteiger partial charge on any atom is -0.396 e. The van der Waals surface area contributed by atoms with Gasteiger partial charge < -0.3 is 5.73 Å².